The molecule has 1 unspecified atom stereocenters. The van der Waals surface area contributed by atoms with Crippen LogP contribution in [0.25, 0.3) is 0 Å². The van der Waals surface area contributed by atoms with Gasteiger partial charge in [0.1, 0.15) is 0 Å². The molecule has 1 aliphatic heterocycles. The molecular weight excluding hydrogens is 314 g/mol. The molecule has 0 bridgehead atoms. The molecule has 1 aromatic rings. The van der Waals surface area contributed by atoms with Crippen LogP contribution in [0.1, 0.15) is 47.0 Å². The lowest BCUT2D eigenvalue weighted by molar-refractivity contribution is -0.154. The quantitative estimate of drug-likeness (QED) is 0.885. The number of carboxylic acid groups (broad SMARTS) is 1. The van der Waals surface area contributed by atoms with Crippen molar-refractivity contribution < 1.29 is 19.4 Å². The molecule has 23 heavy (non-hydrogen) atoms. The molecule has 0 radical (unpaired) electrons. The van der Waals surface area contributed by atoms with Crippen molar-refractivity contribution in [1.29, 1.82) is 0 Å². The van der Waals surface area contributed by atoms with Crippen LogP contribution in [0.3, 0.4) is 0 Å². The predicted octanol–water partition coefficient (Wildman–Crippen LogP) is 2.48. The summed E-state index contributed by atoms with van der Waals surface area (Å²) in [6.45, 7) is 3.29. The van der Waals surface area contributed by atoms with E-state index in [1.54, 1.807) is 11.3 Å². The summed E-state index contributed by atoms with van der Waals surface area (Å²) in [4.78, 5) is 25.5. The summed E-state index contributed by atoms with van der Waals surface area (Å²) in [6, 6.07) is 0. The number of nitrogens with one attached hydrogen (secondary N) is 1. The van der Waals surface area contributed by atoms with E-state index in [1.165, 1.54) is 10.4 Å². The lowest BCUT2D eigenvalue weighted by atomic mass is 9.80. The van der Waals surface area contributed by atoms with Crippen molar-refractivity contribution in [2.45, 2.75) is 39.0 Å². The van der Waals surface area contributed by atoms with Gasteiger partial charge in [-0.25, -0.2) is 0 Å². The number of carboxylic acids is 1. The minimum Gasteiger partial charge on any atom is -0.481 e. The SMILES string of the molecule is CC1CCc2c(C(=O)NCC3(C(=O)O)CCOCC3)csc2C1. The van der Waals surface area contributed by atoms with Gasteiger partial charge in [0.2, 0.25) is 0 Å². The lowest BCUT2D eigenvalue weighted by Gasteiger charge is -2.33. The number of fused-ring (bicyclic) bond motifs is 1. The molecule has 1 atom stereocenters. The van der Waals surface area contributed by atoms with Crippen LogP contribution in [0, 0.1) is 11.3 Å². The summed E-state index contributed by atoms with van der Waals surface area (Å²) < 4.78 is 5.26. The first kappa shape index (κ1) is 16.5. The number of ether oxygens (including phenoxy) is 1. The van der Waals surface area contributed by atoms with Gasteiger partial charge in [-0.3, -0.25) is 9.59 Å². The molecule has 1 aliphatic carbocycles. The Balaban J connectivity index is 1.69. The van der Waals surface area contributed by atoms with Gasteiger partial charge in [0.25, 0.3) is 5.91 Å². The molecule has 1 saturated heterocycles. The lowest BCUT2D eigenvalue weighted by Crippen LogP contribution is -2.46. The smallest absolute Gasteiger partial charge is 0.311 e. The van der Waals surface area contributed by atoms with E-state index in [1.807, 2.05) is 5.38 Å². The maximum atomic E-state index is 12.5. The average Bonchev–Trinajstić information content (AvgIpc) is 2.96. The topological polar surface area (TPSA) is 75.6 Å². The van der Waals surface area contributed by atoms with Crippen molar-refractivity contribution in [3.8, 4) is 0 Å². The van der Waals surface area contributed by atoms with Gasteiger partial charge in [0.15, 0.2) is 0 Å². The molecule has 1 aromatic heterocycles. The monoisotopic (exact) mass is 337 g/mol. The Hall–Kier alpha value is -1.40. The largest absolute Gasteiger partial charge is 0.481 e. The number of carbonyl (C=O) groups excluding carboxylic acids is 1. The van der Waals surface area contributed by atoms with Crippen LogP contribution < -0.4 is 5.32 Å². The second-order valence-corrected chi connectivity index (χ2v) is 7.74. The summed E-state index contributed by atoms with van der Waals surface area (Å²) in [5.41, 5.74) is 1.02. The van der Waals surface area contributed by atoms with Gasteiger partial charge in [-0.2, -0.15) is 0 Å². The second-order valence-electron chi connectivity index (χ2n) is 6.78. The first-order valence-corrected chi connectivity index (χ1v) is 9.08. The Morgan fingerprint density at radius 3 is 2.87 bits per heavy atom. The van der Waals surface area contributed by atoms with E-state index in [4.69, 9.17) is 4.74 Å². The number of hydrogen-bond acceptors (Lipinski definition) is 4. The van der Waals surface area contributed by atoms with Crippen molar-refractivity contribution in [1.82, 2.24) is 5.32 Å². The highest BCUT2D eigenvalue weighted by atomic mass is 32.1. The summed E-state index contributed by atoms with van der Waals surface area (Å²) in [7, 11) is 0. The molecular formula is C17H23NO4S. The highest BCUT2D eigenvalue weighted by Gasteiger charge is 2.40. The van der Waals surface area contributed by atoms with E-state index in [9.17, 15) is 14.7 Å². The van der Waals surface area contributed by atoms with Gasteiger partial charge in [-0.05, 0) is 43.6 Å². The fourth-order valence-electron chi connectivity index (χ4n) is 3.44. The van der Waals surface area contributed by atoms with E-state index < -0.39 is 11.4 Å². The zero-order valence-electron chi connectivity index (χ0n) is 13.4. The Labute approximate surface area is 140 Å². The summed E-state index contributed by atoms with van der Waals surface area (Å²) in [5, 5.41) is 14.3. The van der Waals surface area contributed by atoms with Crippen molar-refractivity contribution in [2.75, 3.05) is 19.8 Å². The fraction of sp³-hybridized carbons (Fsp3) is 0.647. The molecule has 3 rings (SSSR count). The maximum absolute atomic E-state index is 12.5. The van der Waals surface area contributed by atoms with Crippen LogP contribution in [0.15, 0.2) is 5.38 Å². The summed E-state index contributed by atoms with van der Waals surface area (Å²) in [5.74, 6) is -0.305. The highest BCUT2D eigenvalue weighted by Crippen LogP contribution is 2.33. The molecule has 0 saturated carbocycles. The van der Waals surface area contributed by atoms with Crippen molar-refractivity contribution >= 4 is 23.2 Å². The number of aliphatic carboxylic acids is 1. The molecule has 2 aliphatic rings. The van der Waals surface area contributed by atoms with E-state index >= 15 is 0 Å². The van der Waals surface area contributed by atoms with Crippen molar-refractivity contribution in [3.05, 3.63) is 21.4 Å². The van der Waals surface area contributed by atoms with Crippen molar-refractivity contribution in [3.63, 3.8) is 0 Å². The molecule has 2 heterocycles. The average molecular weight is 337 g/mol. The van der Waals surface area contributed by atoms with E-state index in [-0.39, 0.29) is 12.5 Å². The number of amides is 1. The third kappa shape index (κ3) is 3.28. The Bertz CT molecular complexity index is 604. The maximum Gasteiger partial charge on any atom is 0.311 e. The minimum absolute atomic E-state index is 0.135. The van der Waals surface area contributed by atoms with Gasteiger partial charge >= 0.3 is 5.97 Å². The Kier molecular flexibility index (Phi) is 4.73. The molecule has 126 valence electrons. The normalized spacial score (nSPS) is 23.1. The molecule has 5 nitrogen and oxygen atoms in total. The van der Waals surface area contributed by atoms with E-state index in [0.717, 1.165) is 24.8 Å². The summed E-state index contributed by atoms with van der Waals surface area (Å²) >= 11 is 1.65. The van der Waals surface area contributed by atoms with Gasteiger partial charge in [0.05, 0.1) is 11.0 Å². The third-order valence-corrected chi connectivity index (χ3v) is 6.19. The van der Waals surface area contributed by atoms with Crippen LogP contribution in [0.2, 0.25) is 0 Å². The van der Waals surface area contributed by atoms with Crippen LogP contribution in [0.4, 0.5) is 0 Å². The Morgan fingerprint density at radius 1 is 1.43 bits per heavy atom. The molecule has 6 heteroatoms. The molecule has 1 amide bonds. The number of rotatable bonds is 4. The Morgan fingerprint density at radius 2 is 2.17 bits per heavy atom. The third-order valence-electron chi connectivity index (χ3n) is 5.14. The van der Waals surface area contributed by atoms with Gasteiger partial charge in [0, 0.05) is 30.0 Å². The zero-order chi connectivity index (χ0) is 16.4. The zero-order valence-corrected chi connectivity index (χ0v) is 14.2. The van der Waals surface area contributed by atoms with Gasteiger partial charge in [-0.1, -0.05) is 6.92 Å². The number of carbonyl (C=O) groups is 2. The van der Waals surface area contributed by atoms with Crippen LogP contribution in [-0.2, 0) is 22.4 Å². The standard InChI is InChI=1S/C17H23NO4S/c1-11-2-3-12-13(9-23-14(12)8-11)15(19)18-10-17(16(20)21)4-6-22-7-5-17/h9,11H,2-8,10H2,1H3,(H,18,19)(H,20,21). The second kappa shape index (κ2) is 6.61. The van der Waals surface area contributed by atoms with Crippen molar-refractivity contribution in [2.24, 2.45) is 11.3 Å². The molecule has 0 spiro atoms. The predicted molar refractivity (Wildman–Crippen MR) is 88.0 cm³/mol. The van der Waals surface area contributed by atoms with Crippen LogP contribution >= 0.6 is 11.3 Å². The summed E-state index contributed by atoms with van der Waals surface area (Å²) in [6.07, 6.45) is 3.99. The number of thiophene rings is 1. The first-order valence-electron chi connectivity index (χ1n) is 8.20. The molecule has 0 aromatic carbocycles. The first-order chi connectivity index (χ1) is 11.0. The fourth-order valence-corrected chi connectivity index (χ4v) is 4.69. The van der Waals surface area contributed by atoms with Gasteiger partial charge < -0.3 is 15.2 Å². The number of hydrogen-bond donors (Lipinski definition) is 2. The van der Waals surface area contributed by atoms with Crippen LogP contribution in [0.5, 0.6) is 0 Å². The molecule has 1 fully saturated rings. The van der Waals surface area contributed by atoms with E-state index in [0.29, 0.717) is 32.0 Å². The van der Waals surface area contributed by atoms with Crippen LogP contribution in [-0.4, -0.2) is 36.7 Å². The minimum atomic E-state index is -0.890. The molecule has 2 N–H and O–H groups in total. The van der Waals surface area contributed by atoms with Gasteiger partial charge in [-0.15, -0.1) is 11.3 Å². The highest BCUT2D eigenvalue weighted by molar-refractivity contribution is 7.10. The van der Waals surface area contributed by atoms with E-state index in [2.05, 4.69) is 12.2 Å².